The van der Waals surface area contributed by atoms with E-state index in [1.165, 1.54) is 7.11 Å². The molecule has 7 heteroatoms. The third-order valence-corrected chi connectivity index (χ3v) is 2.20. The first-order valence-corrected chi connectivity index (χ1v) is 4.13. The number of aliphatic hydroxyl groups is 3. The molecule has 1 aliphatic rings. The molecule has 1 heterocycles. The first kappa shape index (κ1) is 11.5. The van der Waals surface area contributed by atoms with Crippen LogP contribution in [0.25, 0.3) is 0 Å². The number of hydrogen-bond acceptors (Lipinski definition) is 7. The van der Waals surface area contributed by atoms with Crippen LogP contribution < -0.4 is 0 Å². The Labute approximate surface area is 80.2 Å². The number of nitroso groups, excluding NO2 is 1. The molecule has 0 radical (unpaired) electrons. The minimum atomic E-state index is -1.32. The number of nitrogens with zero attached hydrogens (tertiary/aromatic N) is 1. The van der Waals surface area contributed by atoms with Crippen LogP contribution in [-0.2, 0) is 9.47 Å². The van der Waals surface area contributed by atoms with Gasteiger partial charge in [0.25, 0.3) is 0 Å². The van der Waals surface area contributed by atoms with Gasteiger partial charge in [0.2, 0.25) is 0 Å². The Morgan fingerprint density at radius 1 is 1.43 bits per heavy atom. The highest BCUT2D eigenvalue weighted by Crippen LogP contribution is 2.23. The van der Waals surface area contributed by atoms with Crippen molar-refractivity contribution < 1.29 is 24.8 Å². The summed E-state index contributed by atoms with van der Waals surface area (Å²) in [6.45, 7) is -0.472. The maximum absolute atomic E-state index is 10.3. The lowest BCUT2D eigenvalue weighted by Gasteiger charge is -2.38. The van der Waals surface area contributed by atoms with E-state index in [1.54, 1.807) is 0 Å². The number of aliphatic hydroxyl groups excluding tert-OH is 3. The Morgan fingerprint density at radius 3 is 2.50 bits per heavy atom. The van der Waals surface area contributed by atoms with E-state index in [2.05, 4.69) is 5.18 Å². The fourth-order valence-electron chi connectivity index (χ4n) is 1.39. The van der Waals surface area contributed by atoms with E-state index in [9.17, 15) is 15.1 Å². The third kappa shape index (κ3) is 1.91. The molecule has 14 heavy (non-hydrogen) atoms. The highest BCUT2D eigenvalue weighted by molar-refractivity contribution is 4.93. The second kappa shape index (κ2) is 4.76. The smallest absolute Gasteiger partial charge is 0.185 e. The van der Waals surface area contributed by atoms with Crippen LogP contribution in [0, 0.1) is 4.91 Å². The molecule has 5 atom stereocenters. The third-order valence-electron chi connectivity index (χ3n) is 2.20. The van der Waals surface area contributed by atoms with Crippen molar-refractivity contribution in [1.82, 2.24) is 0 Å². The molecule has 0 saturated carbocycles. The van der Waals surface area contributed by atoms with Gasteiger partial charge in [0.05, 0.1) is 6.61 Å². The molecule has 0 spiro atoms. The molecular formula is C7H13NO6. The topological polar surface area (TPSA) is 109 Å². The largest absolute Gasteiger partial charge is 0.394 e. The van der Waals surface area contributed by atoms with Crippen LogP contribution in [0.1, 0.15) is 0 Å². The SMILES string of the molecule is COC1O[C@H](CO)[C@H](O)[C@H](N=O)[C@H]1O. The van der Waals surface area contributed by atoms with Crippen LogP contribution in [0.5, 0.6) is 0 Å². The fraction of sp³-hybridized carbons (Fsp3) is 1.00. The molecule has 7 nitrogen and oxygen atoms in total. The summed E-state index contributed by atoms with van der Waals surface area (Å²) in [6.07, 6.45) is -4.67. The molecule has 1 unspecified atom stereocenters. The summed E-state index contributed by atoms with van der Waals surface area (Å²) in [5, 5.41) is 30.2. The molecule has 3 N–H and O–H groups in total. The summed E-state index contributed by atoms with van der Waals surface area (Å²) in [7, 11) is 1.28. The highest BCUT2D eigenvalue weighted by Gasteiger charge is 2.45. The number of rotatable bonds is 3. The minimum Gasteiger partial charge on any atom is -0.394 e. The Balaban J connectivity index is 2.77. The van der Waals surface area contributed by atoms with Gasteiger partial charge in [-0.1, -0.05) is 5.18 Å². The van der Waals surface area contributed by atoms with Gasteiger partial charge >= 0.3 is 0 Å². The van der Waals surface area contributed by atoms with Crippen LogP contribution in [-0.4, -0.2) is 59.7 Å². The van der Waals surface area contributed by atoms with Crippen molar-refractivity contribution in [2.45, 2.75) is 30.6 Å². The molecule has 1 fully saturated rings. The van der Waals surface area contributed by atoms with E-state index >= 15 is 0 Å². The van der Waals surface area contributed by atoms with Gasteiger partial charge in [0.15, 0.2) is 12.3 Å². The lowest BCUT2D eigenvalue weighted by Crippen LogP contribution is -2.58. The van der Waals surface area contributed by atoms with Gasteiger partial charge in [0, 0.05) is 7.11 Å². The van der Waals surface area contributed by atoms with E-state index in [0.717, 1.165) is 0 Å². The van der Waals surface area contributed by atoms with Gasteiger partial charge < -0.3 is 24.8 Å². The summed E-state index contributed by atoms with van der Waals surface area (Å²) in [6, 6.07) is -1.24. The van der Waals surface area contributed by atoms with Gasteiger partial charge in [-0.2, -0.15) is 4.91 Å². The molecule has 82 valence electrons. The molecule has 0 amide bonds. The van der Waals surface area contributed by atoms with E-state index in [0.29, 0.717) is 0 Å². The van der Waals surface area contributed by atoms with Crippen molar-refractivity contribution >= 4 is 0 Å². The first-order chi connectivity index (χ1) is 6.65. The van der Waals surface area contributed by atoms with Gasteiger partial charge in [-0.15, -0.1) is 0 Å². The minimum absolute atomic E-state index is 0.472. The second-order valence-electron chi connectivity index (χ2n) is 3.04. The van der Waals surface area contributed by atoms with E-state index in [-0.39, 0.29) is 0 Å². The molecule has 1 rings (SSSR count). The molecule has 0 aliphatic carbocycles. The van der Waals surface area contributed by atoms with E-state index in [1.807, 2.05) is 0 Å². The van der Waals surface area contributed by atoms with E-state index < -0.39 is 37.3 Å². The zero-order valence-corrected chi connectivity index (χ0v) is 7.61. The monoisotopic (exact) mass is 207 g/mol. The molecule has 0 aromatic heterocycles. The Kier molecular flexibility index (Phi) is 3.90. The molecule has 1 saturated heterocycles. The average molecular weight is 207 g/mol. The number of methoxy groups -OCH3 is 1. The lowest BCUT2D eigenvalue weighted by molar-refractivity contribution is -0.267. The molecule has 1 aliphatic heterocycles. The zero-order valence-electron chi connectivity index (χ0n) is 7.61. The number of ether oxygens (including phenoxy) is 2. The van der Waals surface area contributed by atoms with Crippen molar-refractivity contribution in [1.29, 1.82) is 0 Å². The predicted molar refractivity (Wildman–Crippen MR) is 44.4 cm³/mol. The Bertz CT molecular complexity index is 185. The number of hydrogen-bond donors (Lipinski definition) is 3. The quantitative estimate of drug-likeness (QED) is 0.471. The molecule has 0 aromatic carbocycles. The van der Waals surface area contributed by atoms with Gasteiger partial charge in [-0.05, 0) is 0 Å². The highest BCUT2D eigenvalue weighted by atomic mass is 16.7. The lowest BCUT2D eigenvalue weighted by atomic mass is 9.97. The predicted octanol–water partition coefficient (Wildman–Crippen LogP) is -1.79. The summed E-state index contributed by atoms with van der Waals surface area (Å²) < 4.78 is 9.69. The fourth-order valence-corrected chi connectivity index (χ4v) is 1.39. The van der Waals surface area contributed by atoms with Crippen molar-refractivity contribution in [3.63, 3.8) is 0 Å². The van der Waals surface area contributed by atoms with Crippen molar-refractivity contribution in [2.75, 3.05) is 13.7 Å². The van der Waals surface area contributed by atoms with Crippen molar-refractivity contribution in [3.8, 4) is 0 Å². The van der Waals surface area contributed by atoms with Crippen molar-refractivity contribution in [2.24, 2.45) is 5.18 Å². The first-order valence-electron chi connectivity index (χ1n) is 4.13. The molecule has 0 aromatic rings. The van der Waals surface area contributed by atoms with Crippen LogP contribution >= 0.6 is 0 Å². The van der Waals surface area contributed by atoms with Gasteiger partial charge in [0.1, 0.15) is 18.3 Å². The molecule has 0 bridgehead atoms. The molecular weight excluding hydrogens is 194 g/mol. The second-order valence-corrected chi connectivity index (χ2v) is 3.04. The summed E-state index contributed by atoms with van der Waals surface area (Å²) in [5.74, 6) is 0. The normalized spacial score (nSPS) is 43.6. The van der Waals surface area contributed by atoms with Crippen LogP contribution in [0.15, 0.2) is 5.18 Å². The maximum Gasteiger partial charge on any atom is 0.185 e. The Hall–Kier alpha value is -0.600. The van der Waals surface area contributed by atoms with Gasteiger partial charge in [-0.3, -0.25) is 0 Å². The van der Waals surface area contributed by atoms with Gasteiger partial charge in [-0.25, -0.2) is 0 Å². The van der Waals surface area contributed by atoms with Crippen LogP contribution in [0.3, 0.4) is 0 Å². The standard InChI is InChI=1S/C7H13NO6/c1-13-7-6(11)4(8-12)5(10)3(2-9)14-7/h3-7,9-11H,2H2,1H3/t3-,4+,5+,6-,7?/m1/s1. The average Bonchev–Trinajstić information content (AvgIpc) is 2.19. The van der Waals surface area contributed by atoms with E-state index in [4.69, 9.17) is 14.6 Å². The van der Waals surface area contributed by atoms with Crippen LogP contribution in [0.2, 0.25) is 0 Å². The summed E-state index contributed by atoms with van der Waals surface area (Å²) in [4.78, 5) is 10.3. The maximum atomic E-state index is 10.3. The van der Waals surface area contributed by atoms with Crippen LogP contribution in [0.4, 0.5) is 0 Å². The van der Waals surface area contributed by atoms with Crippen molar-refractivity contribution in [3.05, 3.63) is 4.91 Å². The zero-order chi connectivity index (χ0) is 10.7. The Morgan fingerprint density at radius 2 is 2.07 bits per heavy atom. The summed E-state index contributed by atoms with van der Waals surface area (Å²) >= 11 is 0. The summed E-state index contributed by atoms with van der Waals surface area (Å²) in [5.41, 5.74) is 0.